The Bertz CT molecular complexity index is 881. The van der Waals surface area contributed by atoms with Crippen LogP contribution in [0.25, 0.3) is 0 Å². The minimum absolute atomic E-state index is 0.0171. The van der Waals surface area contributed by atoms with Gasteiger partial charge in [0.1, 0.15) is 5.82 Å². The van der Waals surface area contributed by atoms with E-state index in [1.807, 2.05) is 36.4 Å². The number of carbonyl (C=O) groups is 1. The largest absolute Gasteiger partial charge is 0.381 e. The van der Waals surface area contributed by atoms with Crippen molar-refractivity contribution < 1.29 is 9.18 Å². The Kier molecular flexibility index (Phi) is 5.31. The van der Waals surface area contributed by atoms with Gasteiger partial charge in [0.15, 0.2) is 0 Å². The van der Waals surface area contributed by atoms with Gasteiger partial charge in [-0.05, 0) is 48.0 Å². The number of anilines is 2. The summed E-state index contributed by atoms with van der Waals surface area (Å²) in [7, 11) is 0. The Balaban J connectivity index is 1.62. The Morgan fingerprint density at radius 2 is 1.52 bits per heavy atom. The van der Waals surface area contributed by atoms with E-state index in [4.69, 9.17) is 11.6 Å². The molecule has 0 aliphatic heterocycles. The van der Waals surface area contributed by atoms with Gasteiger partial charge in [0.2, 0.25) is 0 Å². The summed E-state index contributed by atoms with van der Waals surface area (Å²) in [5.41, 5.74) is 2.50. The van der Waals surface area contributed by atoms with Crippen LogP contribution in [0.2, 0.25) is 5.02 Å². The van der Waals surface area contributed by atoms with Crippen molar-refractivity contribution in [3.8, 4) is 0 Å². The first kappa shape index (κ1) is 17.0. The van der Waals surface area contributed by atoms with Crippen LogP contribution < -0.4 is 10.6 Å². The van der Waals surface area contributed by atoms with Crippen LogP contribution in [0.3, 0.4) is 0 Å². The molecule has 1 amide bonds. The number of rotatable bonds is 5. The molecule has 0 atom stereocenters. The molecule has 0 saturated carbocycles. The predicted octanol–water partition coefficient (Wildman–Crippen LogP) is 5.34. The van der Waals surface area contributed by atoms with Crippen LogP contribution in [0.1, 0.15) is 15.9 Å². The van der Waals surface area contributed by atoms with Crippen LogP contribution in [0.4, 0.5) is 15.8 Å². The number of nitrogens with one attached hydrogen (secondary N) is 2. The molecule has 0 heterocycles. The Morgan fingerprint density at radius 1 is 0.880 bits per heavy atom. The predicted molar refractivity (Wildman–Crippen MR) is 99.6 cm³/mol. The highest BCUT2D eigenvalue weighted by Gasteiger charge is 2.10. The number of benzene rings is 3. The second kappa shape index (κ2) is 7.81. The minimum Gasteiger partial charge on any atom is -0.381 e. The van der Waals surface area contributed by atoms with Crippen LogP contribution in [-0.2, 0) is 6.54 Å². The van der Waals surface area contributed by atoms with Crippen molar-refractivity contribution in [3.63, 3.8) is 0 Å². The molecule has 0 aliphatic rings. The monoisotopic (exact) mass is 354 g/mol. The summed E-state index contributed by atoms with van der Waals surface area (Å²) in [6.45, 7) is 0.598. The van der Waals surface area contributed by atoms with Gasteiger partial charge in [0.05, 0.1) is 5.56 Å². The van der Waals surface area contributed by atoms with Crippen molar-refractivity contribution in [2.75, 3.05) is 10.6 Å². The van der Waals surface area contributed by atoms with Crippen LogP contribution in [-0.4, -0.2) is 5.91 Å². The molecule has 0 radical (unpaired) electrons. The van der Waals surface area contributed by atoms with Gasteiger partial charge in [-0.1, -0.05) is 41.9 Å². The van der Waals surface area contributed by atoms with Gasteiger partial charge < -0.3 is 10.6 Å². The second-order valence-electron chi connectivity index (χ2n) is 5.46. The first-order valence-electron chi connectivity index (χ1n) is 7.77. The summed E-state index contributed by atoms with van der Waals surface area (Å²) < 4.78 is 13.6. The van der Waals surface area contributed by atoms with Crippen molar-refractivity contribution in [1.29, 1.82) is 0 Å². The summed E-state index contributed by atoms with van der Waals surface area (Å²) in [6.07, 6.45) is 0. The fourth-order valence-corrected chi connectivity index (χ4v) is 2.56. The van der Waals surface area contributed by atoms with Gasteiger partial charge in [0, 0.05) is 22.9 Å². The molecule has 0 bridgehead atoms. The smallest absolute Gasteiger partial charge is 0.258 e. The maximum atomic E-state index is 13.6. The summed E-state index contributed by atoms with van der Waals surface area (Å²) in [4.78, 5) is 12.1. The molecule has 5 heteroatoms. The van der Waals surface area contributed by atoms with E-state index in [1.54, 1.807) is 24.3 Å². The van der Waals surface area contributed by atoms with E-state index in [1.165, 1.54) is 12.1 Å². The lowest BCUT2D eigenvalue weighted by Crippen LogP contribution is -2.13. The van der Waals surface area contributed by atoms with E-state index in [9.17, 15) is 9.18 Å². The molecular weight excluding hydrogens is 339 g/mol. The Labute approximate surface area is 150 Å². The third-order valence-electron chi connectivity index (χ3n) is 3.70. The topological polar surface area (TPSA) is 41.1 Å². The standard InChI is InChI=1S/C20H16ClFN2O/c21-18-7-3-1-5-14(18)13-23-15-9-11-16(12-10-15)24-20(25)17-6-2-4-8-19(17)22/h1-12,23H,13H2,(H,24,25). The normalized spacial score (nSPS) is 10.3. The Morgan fingerprint density at radius 3 is 2.24 bits per heavy atom. The summed E-state index contributed by atoms with van der Waals surface area (Å²) in [6, 6.07) is 20.7. The molecule has 0 saturated heterocycles. The lowest BCUT2D eigenvalue weighted by Gasteiger charge is -2.10. The number of amides is 1. The minimum atomic E-state index is -0.543. The highest BCUT2D eigenvalue weighted by molar-refractivity contribution is 6.31. The lowest BCUT2D eigenvalue weighted by molar-refractivity contribution is 0.102. The molecule has 3 aromatic carbocycles. The van der Waals surface area contributed by atoms with Gasteiger partial charge >= 0.3 is 0 Å². The zero-order chi connectivity index (χ0) is 17.6. The molecule has 0 fully saturated rings. The van der Waals surface area contributed by atoms with Crippen molar-refractivity contribution in [1.82, 2.24) is 0 Å². The number of hydrogen-bond acceptors (Lipinski definition) is 2. The van der Waals surface area contributed by atoms with E-state index >= 15 is 0 Å². The van der Waals surface area contributed by atoms with Crippen molar-refractivity contribution in [3.05, 3.63) is 94.8 Å². The molecule has 3 nitrogen and oxygen atoms in total. The fourth-order valence-electron chi connectivity index (χ4n) is 2.35. The van der Waals surface area contributed by atoms with Gasteiger partial charge in [0.25, 0.3) is 5.91 Å². The molecule has 3 aromatic rings. The zero-order valence-corrected chi connectivity index (χ0v) is 14.1. The first-order chi connectivity index (χ1) is 12.1. The quantitative estimate of drug-likeness (QED) is 0.649. The third-order valence-corrected chi connectivity index (χ3v) is 4.07. The van der Waals surface area contributed by atoms with Crippen molar-refractivity contribution >= 4 is 28.9 Å². The first-order valence-corrected chi connectivity index (χ1v) is 8.14. The zero-order valence-electron chi connectivity index (χ0n) is 13.3. The van der Waals surface area contributed by atoms with Gasteiger partial charge in [-0.2, -0.15) is 0 Å². The molecule has 25 heavy (non-hydrogen) atoms. The molecule has 0 spiro atoms. The van der Waals surface area contributed by atoms with Crippen LogP contribution in [0.15, 0.2) is 72.8 Å². The van der Waals surface area contributed by atoms with Crippen molar-refractivity contribution in [2.45, 2.75) is 6.54 Å². The van der Waals surface area contributed by atoms with E-state index in [0.29, 0.717) is 17.3 Å². The number of halogens is 2. The number of hydrogen-bond donors (Lipinski definition) is 2. The highest BCUT2D eigenvalue weighted by Crippen LogP contribution is 2.19. The van der Waals surface area contributed by atoms with Gasteiger partial charge in [-0.3, -0.25) is 4.79 Å². The maximum Gasteiger partial charge on any atom is 0.258 e. The van der Waals surface area contributed by atoms with Crippen LogP contribution >= 0.6 is 11.6 Å². The third kappa shape index (κ3) is 4.37. The van der Waals surface area contributed by atoms with Crippen LogP contribution in [0, 0.1) is 5.82 Å². The maximum absolute atomic E-state index is 13.6. The average Bonchev–Trinajstić information content (AvgIpc) is 2.62. The molecular formula is C20H16ClFN2O. The van der Waals surface area contributed by atoms with E-state index < -0.39 is 11.7 Å². The SMILES string of the molecule is O=C(Nc1ccc(NCc2ccccc2Cl)cc1)c1ccccc1F. The average molecular weight is 355 g/mol. The Hall–Kier alpha value is -2.85. The molecule has 0 unspecified atom stereocenters. The van der Waals surface area contributed by atoms with Gasteiger partial charge in [-0.15, -0.1) is 0 Å². The van der Waals surface area contributed by atoms with E-state index in [0.717, 1.165) is 11.3 Å². The lowest BCUT2D eigenvalue weighted by atomic mass is 10.2. The molecule has 0 aliphatic carbocycles. The van der Waals surface area contributed by atoms with Crippen molar-refractivity contribution in [2.24, 2.45) is 0 Å². The molecule has 3 rings (SSSR count). The van der Waals surface area contributed by atoms with Gasteiger partial charge in [-0.25, -0.2) is 4.39 Å². The summed E-state index contributed by atoms with van der Waals surface area (Å²) in [5, 5.41) is 6.66. The number of carbonyl (C=O) groups excluding carboxylic acids is 1. The second-order valence-corrected chi connectivity index (χ2v) is 5.86. The summed E-state index contributed by atoms with van der Waals surface area (Å²) in [5.74, 6) is -1.02. The molecule has 126 valence electrons. The van der Waals surface area contributed by atoms with E-state index in [-0.39, 0.29) is 5.56 Å². The summed E-state index contributed by atoms with van der Waals surface area (Å²) >= 11 is 6.13. The molecule has 0 aromatic heterocycles. The molecule has 2 N–H and O–H groups in total. The van der Waals surface area contributed by atoms with Crippen LogP contribution in [0.5, 0.6) is 0 Å². The fraction of sp³-hybridized carbons (Fsp3) is 0.0500. The highest BCUT2D eigenvalue weighted by atomic mass is 35.5. The van der Waals surface area contributed by atoms with E-state index in [2.05, 4.69) is 10.6 Å².